The zero-order chi connectivity index (χ0) is 16.6. The molecule has 2 nitrogen and oxygen atoms in total. The van der Waals surface area contributed by atoms with Gasteiger partial charge in [-0.1, -0.05) is 45.2 Å². The molecule has 0 saturated carbocycles. The summed E-state index contributed by atoms with van der Waals surface area (Å²) in [6.45, 7) is 14.5. The van der Waals surface area contributed by atoms with E-state index in [1.807, 2.05) is 0 Å². The smallest absolute Gasteiger partial charge is 0.0835 e. The van der Waals surface area contributed by atoms with Crippen LogP contribution >= 0.6 is 24.4 Å². The van der Waals surface area contributed by atoms with Crippen LogP contribution in [0.3, 0.4) is 0 Å². The van der Waals surface area contributed by atoms with Crippen LogP contribution in [0.15, 0.2) is 0 Å². The summed E-state index contributed by atoms with van der Waals surface area (Å²) in [4.78, 5) is 4.53. The fourth-order valence-corrected chi connectivity index (χ4v) is 3.01. The Morgan fingerprint density at radius 3 is 1.76 bits per heavy atom. The van der Waals surface area contributed by atoms with Crippen molar-refractivity contribution in [3.8, 4) is 0 Å². The van der Waals surface area contributed by atoms with Crippen LogP contribution in [-0.2, 0) is 0 Å². The van der Waals surface area contributed by atoms with E-state index in [0.717, 1.165) is 26.9 Å². The normalized spacial score (nSPS) is 12.8. The largest absolute Gasteiger partial charge is 0.372 e. The van der Waals surface area contributed by atoms with Gasteiger partial charge in [0.05, 0.1) is 20.4 Å². The van der Waals surface area contributed by atoms with Crippen molar-refractivity contribution in [2.24, 2.45) is 5.41 Å². The Balaban J connectivity index is 2.87. The summed E-state index contributed by atoms with van der Waals surface area (Å²) in [5, 5.41) is 0. The van der Waals surface area contributed by atoms with Gasteiger partial charge in [0.2, 0.25) is 0 Å². The average Bonchev–Trinajstić information content (AvgIpc) is 2.30. The minimum atomic E-state index is 0.0485. The fraction of sp³-hybridized carbons (Fsp3) is 0.765. The third-order valence-electron chi connectivity index (χ3n) is 4.00. The van der Waals surface area contributed by atoms with E-state index in [-0.39, 0.29) is 5.54 Å². The van der Waals surface area contributed by atoms with Gasteiger partial charge < -0.3 is 9.80 Å². The van der Waals surface area contributed by atoms with Gasteiger partial charge in [-0.25, -0.2) is 0 Å². The number of hydrogen-bond acceptors (Lipinski definition) is 4. The number of anilines is 2. The summed E-state index contributed by atoms with van der Waals surface area (Å²) in [5.74, 6) is 0. The second-order valence-corrected chi connectivity index (χ2v) is 8.99. The topological polar surface area (TPSA) is 6.48 Å². The minimum Gasteiger partial charge on any atom is -0.372 e. The van der Waals surface area contributed by atoms with Gasteiger partial charge in [0.1, 0.15) is 0 Å². The first kappa shape index (κ1) is 18.6. The molecule has 0 aromatic heterocycles. The molecule has 21 heavy (non-hydrogen) atoms. The Bertz CT molecular complexity index is 555. The average molecular weight is 327 g/mol. The van der Waals surface area contributed by atoms with Crippen molar-refractivity contribution in [2.45, 2.75) is 59.9 Å². The molecular weight excluding hydrogens is 296 g/mol. The van der Waals surface area contributed by atoms with Gasteiger partial charge in [-0.15, -0.1) is 0 Å². The third-order valence-corrected chi connectivity index (χ3v) is 4.93. The van der Waals surface area contributed by atoms with Gasteiger partial charge in [0.25, 0.3) is 0 Å². The minimum absolute atomic E-state index is 0.0485. The summed E-state index contributed by atoms with van der Waals surface area (Å²) in [6.07, 6.45) is 2.39. The van der Waals surface area contributed by atoms with Crippen molar-refractivity contribution in [1.29, 1.82) is 0 Å². The Morgan fingerprint density at radius 1 is 0.857 bits per heavy atom. The van der Waals surface area contributed by atoms with Crippen molar-refractivity contribution in [3.63, 3.8) is 0 Å². The van der Waals surface area contributed by atoms with E-state index in [4.69, 9.17) is 24.4 Å². The quantitative estimate of drug-likeness (QED) is 0.657. The van der Waals surface area contributed by atoms with Gasteiger partial charge in [-0.05, 0) is 39.0 Å². The molecule has 120 valence electrons. The van der Waals surface area contributed by atoms with Gasteiger partial charge >= 0.3 is 0 Å². The Labute approximate surface area is 140 Å². The first-order valence-corrected chi connectivity index (χ1v) is 8.46. The Kier molecular flexibility index (Phi) is 5.60. The van der Waals surface area contributed by atoms with Gasteiger partial charge in [0.15, 0.2) is 0 Å². The lowest BCUT2D eigenvalue weighted by Crippen LogP contribution is -2.40. The molecule has 0 fully saturated rings. The summed E-state index contributed by atoms with van der Waals surface area (Å²) < 4.78 is 1.70. The number of hydrogen-bond donors (Lipinski definition) is 0. The van der Waals surface area contributed by atoms with E-state index in [0.29, 0.717) is 5.41 Å². The molecule has 0 aliphatic carbocycles. The van der Waals surface area contributed by atoms with E-state index < -0.39 is 0 Å². The molecule has 1 aromatic carbocycles. The van der Waals surface area contributed by atoms with Crippen LogP contribution in [0.1, 0.15) is 54.4 Å². The highest BCUT2D eigenvalue weighted by Crippen LogP contribution is 2.40. The van der Waals surface area contributed by atoms with Crippen LogP contribution < -0.4 is 9.80 Å². The van der Waals surface area contributed by atoms with Crippen LogP contribution in [0.25, 0.3) is 0 Å². The van der Waals surface area contributed by atoms with Crippen molar-refractivity contribution in [3.05, 3.63) is 9.02 Å². The number of nitrogens with zero attached hydrogens (tertiary/aromatic N) is 2. The highest BCUT2D eigenvalue weighted by atomic mass is 32.1. The van der Waals surface area contributed by atoms with E-state index in [1.165, 1.54) is 12.8 Å². The van der Waals surface area contributed by atoms with Crippen LogP contribution in [0.2, 0.25) is 0 Å². The summed E-state index contributed by atoms with van der Waals surface area (Å²) in [5.41, 5.74) is 2.73. The van der Waals surface area contributed by atoms with E-state index in [2.05, 4.69) is 65.4 Å². The molecule has 0 aliphatic heterocycles. The Hall–Kier alpha value is -0.480. The molecule has 0 saturated heterocycles. The van der Waals surface area contributed by atoms with E-state index >= 15 is 0 Å². The van der Waals surface area contributed by atoms with Crippen molar-refractivity contribution >= 4 is 35.8 Å². The molecule has 1 rings (SSSR count). The van der Waals surface area contributed by atoms with Gasteiger partial charge in [-0.3, -0.25) is 0 Å². The molecule has 4 heteroatoms. The molecule has 0 amide bonds. The second kappa shape index (κ2) is 6.33. The molecule has 0 bridgehead atoms. The van der Waals surface area contributed by atoms with Crippen LogP contribution in [0, 0.1) is 14.4 Å². The zero-order valence-corrected chi connectivity index (χ0v) is 16.5. The zero-order valence-electron chi connectivity index (χ0n) is 14.8. The Morgan fingerprint density at radius 2 is 1.33 bits per heavy atom. The van der Waals surface area contributed by atoms with Crippen molar-refractivity contribution in [2.75, 3.05) is 30.4 Å². The summed E-state index contributed by atoms with van der Waals surface area (Å²) in [6, 6.07) is 0. The summed E-state index contributed by atoms with van der Waals surface area (Å²) >= 11 is 11.0. The second-order valence-electron chi connectivity index (χ2n) is 8.17. The van der Waals surface area contributed by atoms with Gasteiger partial charge in [0, 0.05) is 26.2 Å². The SMILES string of the molecule is CN(CCCC(C)(C)C)c1c(N(C)C(C)(C)C)c(=S)c1=S. The maximum absolute atomic E-state index is 5.48. The lowest BCUT2D eigenvalue weighted by molar-refractivity contribution is 0.367. The van der Waals surface area contributed by atoms with Crippen LogP contribution in [0.5, 0.6) is 0 Å². The maximum Gasteiger partial charge on any atom is 0.0835 e. The third kappa shape index (κ3) is 4.49. The molecule has 0 heterocycles. The lowest BCUT2D eigenvalue weighted by atomic mass is 9.90. The van der Waals surface area contributed by atoms with E-state index in [1.54, 1.807) is 0 Å². The predicted molar refractivity (Wildman–Crippen MR) is 101 cm³/mol. The maximum atomic E-state index is 5.48. The molecule has 0 aliphatic rings. The van der Waals surface area contributed by atoms with E-state index in [9.17, 15) is 0 Å². The highest BCUT2D eigenvalue weighted by Gasteiger charge is 2.27. The first-order valence-electron chi connectivity index (χ1n) is 7.64. The monoisotopic (exact) mass is 326 g/mol. The fourth-order valence-electron chi connectivity index (χ4n) is 2.33. The molecule has 0 N–H and O–H groups in total. The van der Waals surface area contributed by atoms with Crippen molar-refractivity contribution < 1.29 is 0 Å². The molecule has 0 spiro atoms. The molecule has 0 atom stereocenters. The molecule has 1 aromatic rings. The van der Waals surface area contributed by atoms with Crippen LogP contribution in [0.4, 0.5) is 11.4 Å². The number of rotatable bonds is 5. The van der Waals surface area contributed by atoms with Crippen LogP contribution in [-0.4, -0.2) is 26.2 Å². The molecule has 0 unspecified atom stereocenters. The first-order chi connectivity index (χ1) is 9.36. The molecular formula is C17H30N2S2. The predicted octanol–water partition coefficient (Wildman–Crippen LogP) is 5.52. The van der Waals surface area contributed by atoms with Gasteiger partial charge in [-0.2, -0.15) is 0 Å². The highest BCUT2D eigenvalue weighted by molar-refractivity contribution is 7.74. The van der Waals surface area contributed by atoms with Crippen molar-refractivity contribution in [1.82, 2.24) is 0 Å². The lowest BCUT2D eigenvalue weighted by Gasteiger charge is -2.39. The standard InChI is InChI=1S/C17H30N2S2/c1-16(2,3)10-9-11-18(7)12-13(15(21)14(12)20)19(8)17(4,5)6/h9-11H2,1-8H3. The molecule has 0 radical (unpaired) electrons. The summed E-state index contributed by atoms with van der Waals surface area (Å²) in [7, 11) is 4.23.